The molecule has 0 atom stereocenters. The lowest BCUT2D eigenvalue weighted by molar-refractivity contribution is 1.18. The quantitative estimate of drug-likeness (QED) is 0.281. The first-order valence-electron chi connectivity index (χ1n) is 11.1. The average Bonchev–Trinajstić information content (AvgIpc) is 3.31. The van der Waals surface area contributed by atoms with Crippen LogP contribution in [-0.4, -0.2) is 9.38 Å². The van der Waals surface area contributed by atoms with Crippen molar-refractivity contribution in [1.29, 1.82) is 0 Å². The maximum Gasteiger partial charge on any atom is 0.138 e. The molecule has 2 heteroatoms. The molecule has 0 amide bonds. The Morgan fingerprint density at radius 2 is 1.33 bits per heavy atom. The van der Waals surface area contributed by atoms with Crippen LogP contribution in [0.2, 0.25) is 0 Å². The highest BCUT2D eigenvalue weighted by molar-refractivity contribution is 5.92. The van der Waals surface area contributed by atoms with Crippen LogP contribution in [0.3, 0.4) is 0 Å². The highest BCUT2D eigenvalue weighted by Crippen LogP contribution is 2.25. The first kappa shape index (κ1) is 19.3. The molecule has 0 saturated carbocycles. The Kier molecular flexibility index (Phi) is 4.82. The van der Waals surface area contributed by atoms with Gasteiger partial charge in [0.25, 0.3) is 0 Å². The molecule has 0 spiro atoms. The largest absolute Gasteiger partial charge is 0.306 e. The van der Waals surface area contributed by atoms with Crippen LogP contribution in [0.4, 0.5) is 0 Å². The number of hydrogen-bond donors (Lipinski definition) is 0. The molecule has 0 fully saturated rings. The maximum absolute atomic E-state index is 4.88. The zero-order valence-corrected chi connectivity index (χ0v) is 18.1. The predicted octanol–water partition coefficient (Wildman–Crippen LogP) is 7.99. The van der Waals surface area contributed by atoms with Gasteiger partial charge in [-0.05, 0) is 45.2 Å². The molecular formula is C31H22N2. The van der Waals surface area contributed by atoms with E-state index in [0.29, 0.717) is 0 Å². The van der Waals surface area contributed by atoms with Crippen molar-refractivity contribution in [1.82, 2.24) is 9.38 Å². The van der Waals surface area contributed by atoms with E-state index in [4.69, 9.17) is 4.98 Å². The van der Waals surface area contributed by atoms with Gasteiger partial charge < -0.3 is 4.40 Å². The van der Waals surface area contributed by atoms with Crippen molar-refractivity contribution < 1.29 is 0 Å². The summed E-state index contributed by atoms with van der Waals surface area (Å²) < 4.78 is 2.08. The van der Waals surface area contributed by atoms with E-state index in [1.165, 1.54) is 27.5 Å². The van der Waals surface area contributed by atoms with Crippen LogP contribution in [0.25, 0.3) is 51.0 Å². The molecule has 0 unspecified atom stereocenters. The highest BCUT2D eigenvalue weighted by Gasteiger charge is 2.06. The van der Waals surface area contributed by atoms with Crippen LogP contribution in [0, 0.1) is 0 Å². The summed E-state index contributed by atoms with van der Waals surface area (Å²) in [6, 6.07) is 38.2. The summed E-state index contributed by atoms with van der Waals surface area (Å²) in [6.07, 6.45) is 8.50. The van der Waals surface area contributed by atoms with Crippen molar-refractivity contribution in [2.75, 3.05) is 0 Å². The van der Waals surface area contributed by atoms with Gasteiger partial charge in [-0.2, -0.15) is 0 Å². The third kappa shape index (κ3) is 3.83. The van der Waals surface area contributed by atoms with Gasteiger partial charge >= 0.3 is 0 Å². The third-order valence-corrected chi connectivity index (χ3v) is 6.05. The van der Waals surface area contributed by atoms with E-state index in [0.717, 1.165) is 22.5 Å². The number of aromatic nitrogens is 2. The average molecular weight is 423 g/mol. The maximum atomic E-state index is 4.88. The van der Waals surface area contributed by atoms with Crippen molar-refractivity contribution in [2.45, 2.75) is 0 Å². The number of fused-ring (bicyclic) bond motifs is 2. The lowest BCUT2D eigenvalue weighted by atomic mass is 10.0. The molecule has 156 valence electrons. The molecule has 6 aromatic rings. The Balaban J connectivity index is 1.29. The molecule has 0 aliphatic heterocycles. The van der Waals surface area contributed by atoms with E-state index >= 15 is 0 Å². The lowest BCUT2D eigenvalue weighted by Crippen LogP contribution is -1.83. The van der Waals surface area contributed by atoms with Gasteiger partial charge in [-0.3, -0.25) is 0 Å². The van der Waals surface area contributed by atoms with Gasteiger partial charge in [0.1, 0.15) is 5.65 Å². The van der Waals surface area contributed by atoms with Crippen LogP contribution in [-0.2, 0) is 0 Å². The number of nitrogens with zero attached hydrogens (tertiary/aromatic N) is 2. The van der Waals surface area contributed by atoms with E-state index in [1.807, 2.05) is 6.07 Å². The molecule has 0 bridgehead atoms. The molecule has 0 saturated heterocycles. The first-order valence-corrected chi connectivity index (χ1v) is 11.1. The van der Waals surface area contributed by atoms with Gasteiger partial charge in [0.15, 0.2) is 0 Å². The van der Waals surface area contributed by atoms with Crippen LogP contribution >= 0.6 is 0 Å². The normalized spacial score (nSPS) is 11.5. The Bertz CT molecular complexity index is 1580. The Morgan fingerprint density at radius 1 is 0.606 bits per heavy atom. The summed E-state index contributed by atoms with van der Waals surface area (Å²) in [7, 11) is 0. The fourth-order valence-electron chi connectivity index (χ4n) is 4.29. The minimum Gasteiger partial charge on any atom is -0.306 e. The second-order valence-corrected chi connectivity index (χ2v) is 8.20. The van der Waals surface area contributed by atoms with Gasteiger partial charge in [-0.1, -0.05) is 109 Å². The fourth-order valence-corrected chi connectivity index (χ4v) is 4.29. The Hall–Kier alpha value is -4.43. The van der Waals surface area contributed by atoms with Gasteiger partial charge in [0, 0.05) is 18.0 Å². The molecule has 33 heavy (non-hydrogen) atoms. The first-order chi connectivity index (χ1) is 16.3. The molecule has 4 aromatic carbocycles. The molecule has 2 heterocycles. The number of benzene rings is 4. The number of imidazole rings is 1. The molecule has 0 aliphatic carbocycles. The van der Waals surface area contributed by atoms with E-state index in [1.54, 1.807) is 0 Å². The summed E-state index contributed by atoms with van der Waals surface area (Å²) in [5.74, 6) is 0. The summed E-state index contributed by atoms with van der Waals surface area (Å²) in [6.45, 7) is 0. The summed E-state index contributed by atoms with van der Waals surface area (Å²) in [5.41, 5.74) is 7.82. The van der Waals surface area contributed by atoms with Crippen molar-refractivity contribution in [3.8, 4) is 22.4 Å². The topological polar surface area (TPSA) is 17.3 Å². The smallest absolute Gasteiger partial charge is 0.138 e. The molecule has 0 radical (unpaired) electrons. The van der Waals surface area contributed by atoms with E-state index in [-0.39, 0.29) is 0 Å². The van der Waals surface area contributed by atoms with E-state index in [9.17, 15) is 0 Å². The van der Waals surface area contributed by atoms with E-state index in [2.05, 4.69) is 132 Å². The highest BCUT2D eigenvalue weighted by atomic mass is 15.0. The van der Waals surface area contributed by atoms with Crippen LogP contribution < -0.4 is 0 Å². The van der Waals surface area contributed by atoms with Crippen molar-refractivity contribution >= 4 is 28.6 Å². The van der Waals surface area contributed by atoms with E-state index < -0.39 is 0 Å². The van der Waals surface area contributed by atoms with Gasteiger partial charge in [-0.15, -0.1) is 0 Å². The number of hydrogen-bond acceptors (Lipinski definition) is 1. The van der Waals surface area contributed by atoms with Crippen molar-refractivity contribution in [2.24, 2.45) is 0 Å². The summed E-state index contributed by atoms with van der Waals surface area (Å²) in [5, 5.41) is 2.52. The zero-order chi connectivity index (χ0) is 22.0. The predicted molar refractivity (Wildman–Crippen MR) is 139 cm³/mol. The lowest BCUT2D eigenvalue weighted by Gasteiger charge is -2.02. The molecule has 0 N–H and O–H groups in total. The SMILES string of the molecule is C(=C\c1cccc2ccccc12)/c1ccn2cc(-c3ccc(-c4ccccc4)cc3)nc2c1. The van der Waals surface area contributed by atoms with Crippen LogP contribution in [0.5, 0.6) is 0 Å². The Labute approximate surface area is 193 Å². The minimum absolute atomic E-state index is 0.942. The fraction of sp³-hybridized carbons (Fsp3) is 0. The molecule has 6 rings (SSSR count). The zero-order valence-electron chi connectivity index (χ0n) is 18.1. The monoisotopic (exact) mass is 422 g/mol. The second-order valence-electron chi connectivity index (χ2n) is 8.20. The molecule has 2 aromatic heterocycles. The molecular weight excluding hydrogens is 400 g/mol. The van der Waals surface area contributed by atoms with Crippen molar-refractivity contribution in [3.63, 3.8) is 0 Å². The van der Waals surface area contributed by atoms with Gasteiger partial charge in [0.2, 0.25) is 0 Å². The van der Waals surface area contributed by atoms with Crippen LogP contribution in [0.15, 0.2) is 122 Å². The standard InChI is InChI=1S/C31H22N2/c1-2-7-24(8-3-1)25-15-17-28(18-16-25)30-22-33-20-19-23(21-31(33)32-30)13-14-27-11-6-10-26-9-4-5-12-29(26)27/h1-22H/b14-13+. The summed E-state index contributed by atoms with van der Waals surface area (Å²) in [4.78, 5) is 4.88. The summed E-state index contributed by atoms with van der Waals surface area (Å²) >= 11 is 0. The molecule has 0 aliphatic rings. The van der Waals surface area contributed by atoms with Crippen molar-refractivity contribution in [3.05, 3.63) is 133 Å². The van der Waals surface area contributed by atoms with Crippen LogP contribution in [0.1, 0.15) is 11.1 Å². The minimum atomic E-state index is 0.942. The second kappa shape index (κ2) is 8.25. The molecule has 2 nitrogen and oxygen atoms in total. The van der Waals surface area contributed by atoms with Gasteiger partial charge in [0.05, 0.1) is 5.69 Å². The number of pyridine rings is 1. The third-order valence-electron chi connectivity index (χ3n) is 6.05. The Morgan fingerprint density at radius 3 is 2.21 bits per heavy atom. The number of rotatable bonds is 4. The van der Waals surface area contributed by atoms with Gasteiger partial charge in [-0.25, -0.2) is 4.98 Å².